The molecule has 13 heavy (non-hydrogen) atoms. The van der Waals surface area contributed by atoms with Crippen LogP contribution in [0.25, 0.3) is 0 Å². The maximum absolute atomic E-state index is 11.2. The first-order chi connectivity index (χ1) is 5.93. The van der Waals surface area contributed by atoms with E-state index in [9.17, 15) is 4.79 Å². The van der Waals surface area contributed by atoms with Crippen LogP contribution < -0.4 is 11.1 Å². The van der Waals surface area contributed by atoms with Crippen molar-refractivity contribution in [2.75, 3.05) is 6.54 Å². The Labute approximate surface area is 81.1 Å². The van der Waals surface area contributed by atoms with Gasteiger partial charge in [0.1, 0.15) is 0 Å². The Balaban J connectivity index is 3.58. The van der Waals surface area contributed by atoms with Crippen LogP contribution >= 0.6 is 0 Å². The summed E-state index contributed by atoms with van der Waals surface area (Å²) in [5, 5.41) is 2.88. The van der Waals surface area contributed by atoms with Gasteiger partial charge in [0.15, 0.2) is 0 Å². The smallest absolute Gasteiger partial charge is 0.221 e. The first-order valence-electron chi connectivity index (χ1n) is 4.95. The fourth-order valence-corrected chi connectivity index (χ4v) is 0.875. The molecule has 0 aromatic heterocycles. The van der Waals surface area contributed by atoms with E-state index >= 15 is 0 Å². The number of nitrogens with two attached hydrogens (primary N) is 1. The third kappa shape index (κ3) is 6.58. The van der Waals surface area contributed by atoms with Gasteiger partial charge in [-0.25, -0.2) is 0 Å². The van der Waals surface area contributed by atoms with Crippen LogP contribution in [0.15, 0.2) is 0 Å². The van der Waals surface area contributed by atoms with Crippen LogP contribution in [-0.4, -0.2) is 18.5 Å². The molecule has 0 fully saturated rings. The molecule has 0 aliphatic heterocycles. The Morgan fingerprint density at radius 3 is 2.23 bits per heavy atom. The quantitative estimate of drug-likeness (QED) is 0.676. The summed E-state index contributed by atoms with van der Waals surface area (Å²) < 4.78 is 0. The van der Waals surface area contributed by atoms with Gasteiger partial charge in [-0.3, -0.25) is 4.79 Å². The summed E-state index contributed by atoms with van der Waals surface area (Å²) in [6, 6.07) is -0.0469. The summed E-state index contributed by atoms with van der Waals surface area (Å²) in [5.41, 5.74) is 5.50. The van der Waals surface area contributed by atoms with Gasteiger partial charge in [-0.2, -0.15) is 0 Å². The molecule has 3 N–H and O–H groups in total. The Morgan fingerprint density at radius 1 is 1.31 bits per heavy atom. The highest BCUT2D eigenvalue weighted by molar-refractivity contribution is 5.76. The van der Waals surface area contributed by atoms with E-state index in [1.165, 1.54) is 0 Å². The SMILES string of the molecule is CC(N)CC(=O)NCC(C)C(C)C. The van der Waals surface area contributed by atoms with Crippen molar-refractivity contribution in [1.29, 1.82) is 0 Å². The Morgan fingerprint density at radius 2 is 1.85 bits per heavy atom. The van der Waals surface area contributed by atoms with E-state index in [4.69, 9.17) is 5.73 Å². The molecule has 0 bridgehead atoms. The molecule has 0 rings (SSSR count). The molecule has 0 aliphatic rings. The molecule has 0 radical (unpaired) electrons. The number of hydrogen-bond donors (Lipinski definition) is 2. The molecule has 2 unspecified atom stereocenters. The standard InChI is InChI=1S/C10H22N2O/c1-7(2)8(3)6-12-10(13)5-9(4)11/h7-9H,5-6,11H2,1-4H3,(H,12,13). The molecule has 0 saturated carbocycles. The Bertz CT molecular complexity index is 155. The highest BCUT2D eigenvalue weighted by Gasteiger charge is 2.09. The van der Waals surface area contributed by atoms with E-state index in [1.54, 1.807) is 0 Å². The minimum Gasteiger partial charge on any atom is -0.356 e. The zero-order valence-electron chi connectivity index (χ0n) is 9.13. The number of nitrogens with one attached hydrogen (secondary N) is 1. The summed E-state index contributed by atoms with van der Waals surface area (Å²) in [6.45, 7) is 9.04. The molecule has 0 aliphatic carbocycles. The maximum Gasteiger partial charge on any atom is 0.221 e. The van der Waals surface area contributed by atoms with Crippen molar-refractivity contribution in [3.8, 4) is 0 Å². The van der Waals surface area contributed by atoms with E-state index in [1.807, 2.05) is 6.92 Å². The van der Waals surface area contributed by atoms with E-state index in [2.05, 4.69) is 26.1 Å². The molecule has 3 heteroatoms. The first kappa shape index (κ1) is 12.4. The molecule has 1 amide bonds. The molecule has 0 spiro atoms. The summed E-state index contributed by atoms with van der Waals surface area (Å²) in [4.78, 5) is 11.2. The molecule has 0 saturated heterocycles. The van der Waals surface area contributed by atoms with Gasteiger partial charge >= 0.3 is 0 Å². The molecule has 2 atom stereocenters. The van der Waals surface area contributed by atoms with Gasteiger partial charge in [0.05, 0.1) is 0 Å². The van der Waals surface area contributed by atoms with Gasteiger partial charge < -0.3 is 11.1 Å². The number of rotatable bonds is 5. The lowest BCUT2D eigenvalue weighted by molar-refractivity contribution is -0.121. The molecule has 3 nitrogen and oxygen atoms in total. The second-order valence-corrected chi connectivity index (χ2v) is 4.21. The molecular weight excluding hydrogens is 164 g/mol. The predicted octanol–water partition coefficient (Wildman–Crippen LogP) is 1.13. The fraction of sp³-hybridized carbons (Fsp3) is 0.900. The van der Waals surface area contributed by atoms with Crippen molar-refractivity contribution in [3.63, 3.8) is 0 Å². The van der Waals surface area contributed by atoms with Gasteiger partial charge in [0, 0.05) is 19.0 Å². The molecule has 78 valence electrons. The average Bonchev–Trinajstić information content (AvgIpc) is 1.98. The van der Waals surface area contributed by atoms with Crippen LogP contribution in [0.2, 0.25) is 0 Å². The monoisotopic (exact) mass is 186 g/mol. The van der Waals surface area contributed by atoms with Gasteiger partial charge in [-0.05, 0) is 18.8 Å². The minimum absolute atomic E-state index is 0.0469. The normalized spacial score (nSPS) is 15.5. The van der Waals surface area contributed by atoms with Crippen molar-refractivity contribution in [2.24, 2.45) is 17.6 Å². The van der Waals surface area contributed by atoms with Crippen molar-refractivity contribution in [1.82, 2.24) is 5.32 Å². The van der Waals surface area contributed by atoms with Crippen LogP contribution in [0.5, 0.6) is 0 Å². The number of carbonyl (C=O) groups is 1. The van der Waals surface area contributed by atoms with Crippen LogP contribution in [0.3, 0.4) is 0 Å². The van der Waals surface area contributed by atoms with Crippen molar-refractivity contribution in [2.45, 2.75) is 40.2 Å². The average molecular weight is 186 g/mol. The topological polar surface area (TPSA) is 55.1 Å². The molecular formula is C10H22N2O. The van der Waals surface area contributed by atoms with Crippen molar-refractivity contribution in [3.05, 3.63) is 0 Å². The largest absolute Gasteiger partial charge is 0.356 e. The molecule has 0 aromatic rings. The third-order valence-corrected chi connectivity index (χ3v) is 2.27. The fourth-order valence-electron chi connectivity index (χ4n) is 0.875. The summed E-state index contributed by atoms with van der Waals surface area (Å²) in [6.07, 6.45) is 0.421. The van der Waals surface area contributed by atoms with Gasteiger partial charge in [0.25, 0.3) is 0 Å². The second-order valence-electron chi connectivity index (χ2n) is 4.21. The Hall–Kier alpha value is -0.570. The van der Waals surface area contributed by atoms with Crippen molar-refractivity contribution < 1.29 is 4.79 Å². The lowest BCUT2D eigenvalue weighted by Crippen LogP contribution is -2.33. The van der Waals surface area contributed by atoms with E-state index < -0.39 is 0 Å². The van der Waals surface area contributed by atoms with Crippen LogP contribution in [0.4, 0.5) is 0 Å². The summed E-state index contributed by atoms with van der Waals surface area (Å²) in [7, 11) is 0. The second kappa shape index (κ2) is 5.97. The van der Waals surface area contributed by atoms with Gasteiger partial charge in [-0.1, -0.05) is 20.8 Å². The zero-order valence-corrected chi connectivity index (χ0v) is 9.13. The van der Waals surface area contributed by atoms with Gasteiger partial charge in [0.2, 0.25) is 5.91 Å². The van der Waals surface area contributed by atoms with E-state index in [0.717, 1.165) is 6.54 Å². The lowest BCUT2D eigenvalue weighted by Gasteiger charge is -2.16. The molecule has 0 heterocycles. The highest BCUT2D eigenvalue weighted by Crippen LogP contribution is 2.07. The number of amides is 1. The van der Waals surface area contributed by atoms with Crippen molar-refractivity contribution >= 4 is 5.91 Å². The lowest BCUT2D eigenvalue weighted by atomic mass is 9.98. The minimum atomic E-state index is -0.0469. The predicted molar refractivity (Wildman–Crippen MR) is 55.3 cm³/mol. The number of hydrogen-bond acceptors (Lipinski definition) is 2. The van der Waals surface area contributed by atoms with E-state index in [0.29, 0.717) is 18.3 Å². The first-order valence-corrected chi connectivity index (χ1v) is 4.95. The van der Waals surface area contributed by atoms with Gasteiger partial charge in [-0.15, -0.1) is 0 Å². The third-order valence-electron chi connectivity index (χ3n) is 2.27. The highest BCUT2D eigenvalue weighted by atomic mass is 16.1. The zero-order chi connectivity index (χ0) is 10.4. The maximum atomic E-state index is 11.2. The summed E-state index contributed by atoms with van der Waals surface area (Å²) >= 11 is 0. The number of carbonyl (C=O) groups excluding carboxylic acids is 1. The van der Waals surface area contributed by atoms with Crippen LogP contribution in [0.1, 0.15) is 34.1 Å². The van der Waals surface area contributed by atoms with E-state index in [-0.39, 0.29) is 11.9 Å². The summed E-state index contributed by atoms with van der Waals surface area (Å²) in [5.74, 6) is 1.19. The van der Waals surface area contributed by atoms with Crippen LogP contribution in [-0.2, 0) is 4.79 Å². The Kier molecular flexibility index (Phi) is 5.71. The van der Waals surface area contributed by atoms with Crippen LogP contribution in [0, 0.1) is 11.8 Å². The molecule has 0 aromatic carbocycles.